The number of hydrogen-bond donors (Lipinski definition) is 2. The number of aliphatic hydroxyl groups is 2. The van der Waals surface area contributed by atoms with Gasteiger partial charge in [-0.15, -0.1) is 0 Å². The third-order valence-corrected chi connectivity index (χ3v) is 3.25. The third kappa shape index (κ3) is 5.37. The smallest absolute Gasteiger partial charge is 0.120 e. The predicted molar refractivity (Wildman–Crippen MR) is 79.2 cm³/mol. The summed E-state index contributed by atoms with van der Waals surface area (Å²) in [5.74, 6) is 6.24. The van der Waals surface area contributed by atoms with Gasteiger partial charge in [-0.05, 0) is 18.2 Å². The summed E-state index contributed by atoms with van der Waals surface area (Å²) in [6, 6.07) is 7.51. The van der Waals surface area contributed by atoms with E-state index in [-0.39, 0.29) is 19.3 Å². The van der Waals surface area contributed by atoms with Crippen LogP contribution in [-0.2, 0) is 4.74 Å². The molecule has 1 atom stereocenters. The van der Waals surface area contributed by atoms with Crippen LogP contribution in [0, 0.1) is 11.8 Å². The van der Waals surface area contributed by atoms with Crippen LogP contribution in [0.3, 0.4) is 0 Å². The van der Waals surface area contributed by atoms with E-state index in [1.165, 1.54) is 0 Å². The van der Waals surface area contributed by atoms with E-state index in [4.69, 9.17) is 19.7 Å². The molecule has 0 aliphatic carbocycles. The van der Waals surface area contributed by atoms with Crippen LogP contribution in [0.4, 0.5) is 0 Å². The summed E-state index contributed by atoms with van der Waals surface area (Å²) in [6.45, 7) is 3.54. The van der Waals surface area contributed by atoms with E-state index in [2.05, 4.69) is 16.7 Å². The highest BCUT2D eigenvalue weighted by Crippen LogP contribution is 2.13. The molecule has 0 radical (unpaired) electrons. The molecule has 2 rings (SSSR count). The Morgan fingerprint density at radius 1 is 1.38 bits per heavy atom. The first kappa shape index (κ1) is 15.8. The Labute approximate surface area is 125 Å². The van der Waals surface area contributed by atoms with Gasteiger partial charge in [-0.3, -0.25) is 4.90 Å². The number of ether oxygens (including phenoxy) is 2. The second kappa shape index (κ2) is 8.65. The van der Waals surface area contributed by atoms with Crippen molar-refractivity contribution in [3.05, 3.63) is 29.8 Å². The number of rotatable bonds is 5. The highest BCUT2D eigenvalue weighted by molar-refractivity contribution is 5.39. The largest absolute Gasteiger partial charge is 0.492 e. The number of nitrogens with zero attached hydrogens (tertiary/aromatic N) is 1. The van der Waals surface area contributed by atoms with Crippen LogP contribution >= 0.6 is 0 Å². The molecule has 1 fully saturated rings. The maximum atomic E-state index is 9.10. The highest BCUT2D eigenvalue weighted by atomic mass is 16.5. The van der Waals surface area contributed by atoms with Crippen molar-refractivity contribution in [3.63, 3.8) is 0 Å². The van der Waals surface area contributed by atoms with Gasteiger partial charge >= 0.3 is 0 Å². The monoisotopic (exact) mass is 291 g/mol. The Kier molecular flexibility index (Phi) is 6.51. The lowest BCUT2D eigenvalue weighted by Gasteiger charge is -2.31. The van der Waals surface area contributed by atoms with Gasteiger partial charge in [0.05, 0.1) is 19.3 Å². The molecule has 1 aromatic carbocycles. The number of morpholine rings is 1. The summed E-state index contributed by atoms with van der Waals surface area (Å²) in [4.78, 5) is 2.22. The molecule has 0 aromatic heterocycles. The van der Waals surface area contributed by atoms with Crippen LogP contribution in [0.1, 0.15) is 5.56 Å². The topological polar surface area (TPSA) is 62.2 Å². The molecule has 5 nitrogen and oxygen atoms in total. The molecule has 1 heterocycles. The molecule has 1 aliphatic heterocycles. The van der Waals surface area contributed by atoms with Crippen molar-refractivity contribution in [3.8, 4) is 17.6 Å². The van der Waals surface area contributed by atoms with E-state index in [0.29, 0.717) is 13.2 Å². The maximum Gasteiger partial charge on any atom is 0.120 e. The first-order valence-electron chi connectivity index (χ1n) is 7.09. The molecule has 0 saturated carbocycles. The van der Waals surface area contributed by atoms with E-state index in [1.807, 2.05) is 24.3 Å². The third-order valence-electron chi connectivity index (χ3n) is 3.25. The summed E-state index contributed by atoms with van der Waals surface area (Å²) in [7, 11) is 0. The molecule has 1 saturated heterocycles. The van der Waals surface area contributed by atoms with Crippen molar-refractivity contribution in [2.24, 2.45) is 0 Å². The fourth-order valence-corrected chi connectivity index (χ4v) is 2.19. The van der Waals surface area contributed by atoms with Crippen LogP contribution in [0.25, 0.3) is 0 Å². The van der Waals surface area contributed by atoms with Crippen molar-refractivity contribution >= 4 is 0 Å². The fraction of sp³-hybridized carbons (Fsp3) is 0.500. The standard InChI is InChI=1S/C16H21NO4/c18-8-2-4-14-3-1-5-15(11-14)20-9-6-17-7-10-21-16(12-17)13-19/h1,3,5,11,16,18-19H,6-10,12-13H2. The molecule has 1 aromatic rings. The van der Waals surface area contributed by atoms with Crippen molar-refractivity contribution in [2.75, 3.05) is 46.1 Å². The van der Waals surface area contributed by atoms with E-state index >= 15 is 0 Å². The summed E-state index contributed by atoms with van der Waals surface area (Å²) in [5, 5.41) is 17.8. The first-order valence-corrected chi connectivity index (χ1v) is 7.09. The van der Waals surface area contributed by atoms with Gasteiger partial charge in [-0.2, -0.15) is 0 Å². The molecule has 0 bridgehead atoms. The van der Waals surface area contributed by atoms with E-state index < -0.39 is 0 Å². The van der Waals surface area contributed by atoms with E-state index in [0.717, 1.165) is 30.9 Å². The van der Waals surface area contributed by atoms with Gasteiger partial charge in [0, 0.05) is 25.2 Å². The van der Waals surface area contributed by atoms with Gasteiger partial charge in [0.2, 0.25) is 0 Å². The van der Waals surface area contributed by atoms with Gasteiger partial charge in [0.15, 0.2) is 0 Å². The zero-order valence-electron chi connectivity index (χ0n) is 12.0. The van der Waals surface area contributed by atoms with E-state index in [1.54, 1.807) is 0 Å². The molecular weight excluding hydrogens is 270 g/mol. The van der Waals surface area contributed by atoms with Gasteiger partial charge in [-0.25, -0.2) is 0 Å². The molecule has 114 valence electrons. The SMILES string of the molecule is OCC#Cc1cccc(OCCN2CCOC(CO)C2)c1. The maximum absolute atomic E-state index is 9.10. The molecule has 2 N–H and O–H groups in total. The van der Waals surface area contributed by atoms with Crippen LogP contribution in [0.5, 0.6) is 5.75 Å². The number of hydrogen-bond acceptors (Lipinski definition) is 5. The van der Waals surface area contributed by atoms with Crippen LogP contribution in [0.2, 0.25) is 0 Å². The zero-order valence-corrected chi connectivity index (χ0v) is 12.0. The molecule has 1 unspecified atom stereocenters. The lowest BCUT2D eigenvalue weighted by molar-refractivity contribution is -0.0547. The Hall–Kier alpha value is -1.58. The highest BCUT2D eigenvalue weighted by Gasteiger charge is 2.19. The minimum Gasteiger partial charge on any atom is -0.492 e. The lowest BCUT2D eigenvalue weighted by atomic mass is 10.2. The molecule has 1 aliphatic rings. The summed E-state index contributed by atoms with van der Waals surface area (Å²) in [5.41, 5.74) is 0.827. The Balaban J connectivity index is 1.78. The van der Waals surface area contributed by atoms with Crippen molar-refractivity contribution in [2.45, 2.75) is 6.10 Å². The molecular formula is C16H21NO4. The number of benzene rings is 1. The van der Waals surface area contributed by atoms with Crippen molar-refractivity contribution < 1.29 is 19.7 Å². The van der Waals surface area contributed by atoms with Crippen molar-refractivity contribution in [1.82, 2.24) is 4.90 Å². The Bertz CT molecular complexity index is 495. The Morgan fingerprint density at radius 3 is 3.10 bits per heavy atom. The van der Waals surface area contributed by atoms with Crippen LogP contribution < -0.4 is 4.74 Å². The summed E-state index contributed by atoms with van der Waals surface area (Å²) < 4.78 is 11.1. The lowest BCUT2D eigenvalue weighted by Crippen LogP contribution is -2.45. The van der Waals surface area contributed by atoms with Crippen molar-refractivity contribution in [1.29, 1.82) is 0 Å². The molecule has 0 amide bonds. The average Bonchev–Trinajstić information content (AvgIpc) is 2.53. The first-order chi connectivity index (χ1) is 10.3. The molecule has 21 heavy (non-hydrogen) atoms. The average molecular weight is 291 g/mol. The predicted octanol–water partition coefficient (Wildman–Crippen LogP) is 0.102. The second-order valence-electron chi connectivity index (χ2n) is 4.81. The Morgan fingerprint density at radius 2 is 2.29 bits per heavy atom. The van der Waals surface area contributed by atoms with Gasteiger partial charge in [-0.1, -0.05) is 17.9 Å². The van der Waals surface area contributed by atoms with Gasteiger partial charge < -0.3 is 19.7 Å². The van der Waals surface area contributed by atoms with E-state index in [9.17, 15) is 0 Å². The minimum absolute atomic E-state index is 0.0585. The molecule has 5 heteroatoms. The van der Waals surface area contributed by atoms with Gasteiger partial charge in [0.1, 0.15) is 19.0 Å². The minimum atomic E-state index is -0.145. The van der Waals surface area contributed by atoms with Crippen LogP contribution in [-0.4, -0.2) is 67.3 Å². The normalized spacial score (nSPS) is 18.9. The van der Waals surface area contributed by atoms with Crippen LogP contribution in [0.15, 0.2) is 24.3 Å². The van der Waals surface area contributed by atoms with Gasteiger partial charge in [0.25, 0.3) is 0 Å². The quantitative estimate of drug-likeness (QED) is 0.754. The zero-order chi connectivity index (χ0) is 14.9. The summed E-state index contributed by atoms with van der Waals surface area (Å²) >= 11 is 0. The number of aliphatic hydroxyl groups excluding tert-OH is 2. The fourth-order valence-electron chi connectivity index (χ4n) is 2.19. The summed E-state index contributed by atoms with van der Waals surface area (Å²) in [6.07, 6.45) is -0.0872. The molecule has 0 spiro atoms. The second-order valence-corrected chi connectivity index (χ2v) is 4.81.